The first-order valence-corrected chi connectivity index (χ1v) is 3.66. The van der Waals surface area contributed by atoms with Crippen LogP contribution in [0.3, 0.4) is 0 Å². The van der Waals surface area contributed by atoms with Crippen molar-refractivity contribution >= 4 is 0 Å². The first-order chi connectivity index (χ1) is 4.81. The molecule has 0 atom stereocenters. The number of alkyl halides is 1. The second kappa shape index (κ2) is 11.2. The molecule has 0 fully saturated rings. The average Bonchev–Trinajstić information content (AvgIpc) is 2.04. The maximum Gasteiger partial charge on any atom is 0.108 e. The van der Waals surface area contributed by atoms with Crippen LogP contribution in [-0.2, 0) is 0 Å². The zero-order chi connectivity index (χ0) is 8.41. The van der Waals surface area contributed by atoms with E-state index >= 15 is 0 Å². The molecule has 0 heterocycles. The number of hydrogen-bond acceptors (Lipinski definition) is 0. The van der Waals surface area contributed by atoms with Crippen molar-refractivity contribution in [1.82, 2.24) is 0 Å². The van der Waals surface area contributed by atoms with E-state index in [9.17, 15) is 4.39 Å². The summed E-state index contributed by atoms with van der Waals surface area (Å²) in [4.78, 5) is 0. The molecule has 0 spiro atoms. The van der Waals surface area contributed by atoms with Crippen LogP contribution < -0.4 is 0 Å². The highest BCUT2D eigenvalue weighted by Gasteiger charge is 1.73. The van der Waals surface area contributed by atoms with E-state index in [-0.39, 0.29) is 6.67 Å². The van der Waals surface area contributed by atoms with Gasteiger partial charge in [0.1, 0.15) is 6.67 Å². The van der Waals surface area contributed by atoms with Gasteiger partial charge in [-0.3, -0.25) is 0 Å². The van der Waals surface area contributed by atoms with Gasteiger partial charge in [-0.25, -0.2) is 4.39 Å². The molecule has 0 aromatic carbocycles. The Balaban J connectivity index is 0. The Morgan fingerprint density at radius 1 is 1.40 bits per heavy atom. The predicted molar refractivity (Wildman–Crippen MR) is 45.9 cm³/mol. The van der Waals surface area contributed by atoms with Crippen molar-refractivity contribution in [3.63, 3.8) is 0 Å². The summed E-state index contributed by atoms with van der Waals surface area (Å²) >= 11 is 0. The average molecular weight is 144 g/mol. The normalized spacial score (nSPS) is 11.1. The molecule has 1 heteroatoms. The molecule has 0 saturated heterocycles. The first kappa shape index (κ1) is 12.1. The zero-order valence-corrected chi connectivity index (χ0v) is 7.32. The van der Waals surface area contributed by atoms with Crippen molar-refractivity contribution in [2.45, 2.75) is 27.7 Å². The fourth-order valence-corrected chi connectivity index (χ4v) is 0.327. The van der Waals surface area contributed by atoms with Gasteiger partial charge in [0.15, 0.2) is 0 Å². The van der Waals surface area contributed by atoms with Gasteiger partial charge in [-0.15, -0.1) is 0 Å². The third-order valence-electron chi connectivity index (χ3n) is 0.925. The maximum atomic E-state index is 11.4. The van der Waals surface area contributed by atoms with Gasteiger partial charge < -0.3 is 0 Å². The number of rotatable bonds is 2. The van der Waals surface area contributed by atoms with Crippen LogP contribution in [0.1, 0.15) is 27.7 Å². The molecule has 0 radical (unpaired) electrons. The summed E-state index contributed by atoms with van der Waals surface area (Å²) in [6.45, 7) is 7.50. The highest BCUT2D eigenvalue weighted by atomic mass is 19.1. The van der Waals surface area contributed by atoms with E-state index in [0.717, 1.165) is 5.57 Å². The molecule has 0 N–H and O–H groups in total. The van der Waals surface area contributed by atoms with E-state index in [1.54, 1.807) is 6.08 Å². The fraction of sp³-hybridized carbons (Fsp3) is 0.556. The van der Waals surface area contributed by atoms with E-state index in [4.69, 9.17) is 0 Å². The maximum absolute atomic E-state index is 11.4. The lowest BCUT2D eigenvalue weighted by atomic mass is 10.3. The Morgan fingerprint density at radius 2 is 1.90 bits per heavy atom. The molecule has 0 amide bonds. The van der Waals surface area contributed by atoms with Crippen LogP contribution in [0.4, 0.5) is 4.39 Å². The van der Waals surface area contributed by atoms with Crippen molar-refractivity contribution in [3.8, 4) is 0 Å². The third-order valence-corrected chi connectivity index (χ3v) is 0.925. The lowest BCUT2D eigenvalue weighted by Crippen LogP contribution is -1.65. The Kier molecular flexibility index (Phi) is 13.6. The molecule has 10 heavy (non-hydrogen) atoms. The van der Waals surface area contributed by atoms with Crippen LogP contribution in [0.5, 0.6) is 0 Å². The van der Waals surface area contributed by atoms with Gasteiger partial charge in [0.2, 0.25) is 0 Å². The minimum Gasteiger partial charge on any atom is -0.247 e. The van der Waals surface area contributed by atoms with E-state index in [2.05, 4.69) is 0 Å². The first-order valence-electron chi connectivity index (χ1n) is 3.66. The molecular weight excluding hydrogens is 127 g/mol. The standard InChI is InChI=1S/C7H11F.C2H6/c1-3-7(2)5-4-6-8;1-2/h3-5H,6H2,1-2H3;1-2H3/b5-4-,7-3-;. The molecule has 0 aromatic rings. The summed E-state index contributed by atoms with van der Waals surface area (Å²) in [6.07, 6.45) is 5.20. The molecule has 0 saturated carbocycles. The Bertz CT molecular complexity index is 101. The molecule has 60 valence electrons. The molecule has 0 aliphatic rings. The van der Waals surface area contributed by atoms with Crippen LogP contribution in [0.25, 0.3) is 0 Å². The highest BCUT2D eigenvalue weighted by molar-refractivity contribution is 5.14. The SMILES string of the molecule is C/C=C(C)\C=C/CF.CC. The van der Waals surface area contributed by atoms with Gasteiger partial charge in [0, 0.05) is 0 Å². The van der Waals surface area contributed by atoms with Crippen LogP contribution in [0.2, 0.25) is 0 Å². The molecular formula is C9H17F. The summed E-state index contributed by atoms with van der Waals surface area (Å²) in [5.41, 5.74) is 1.10. The molecule has 0 nitrogen and oxygen atoms in total. The van der Waals surface area contributed by atoms with E-state index in [1.807, 2.05) is 33.8 Å². The van der Waals surface area contributed by atoms with Gasteiger partial charge in [0.25, 0.3) is 0 Å². The summed E-state index contributed by atoms with van der Waals surface area (Å²) in [6, 6.07) is 0. The van der Waals surface area contributed by atoms with Crippen molar-refractivity contribution in [2.75, 3.05) is 6.67 Å². The highest BCUT2D eigenvalue weighted by Crippen LogP contribution is 1.92. The van der Waals surface area contributed by atoms with Crippen molar-refractivity contribution in [2.24, 2.45) is 0 Å². The molecule has 0 aliphatic carbocycles. The summed E-state index contributed by atoms with van der Waals surface area (Å²) in [5, 5.41) is 0. The lowest BCUT2D eigenvalue weighted by molar-refractivity contribution is 0.561. The predicted octanol–water partition coefficient (Wildman–Crippen LogP) is 3.50. The van der Waals surface area contributed by atoms with Crippen LogP contribution in [0.15, 0.2) is 23.8 Å². The van der Waals surface area contributed by atoms with Crippen LogP contribution >= 0.6 is 0 Å². The number of hydrogen-bond donors (Lipinski definition) is 0. The van der Waals surface area contributed by atoms with Crippen molar-refractivity contribution in [1.29, 1.82) is 0 Å². The number of halogens is 1. The minimum absolute atomic E-state index is 0.370. The molecule has 0 aliphatic heterocycles. The Hall–Kier alpha value is -0.590. The zero-order valence-electron chi connectivity index (χ0n) is 7.32. The second-order valence-corrected chi connectivity index (χ2v) is 1.59. The van der Waals surface area contributed by atoms with E-state index in [1.165, 1.54) is 6.08 Å². The summed E-state index contributed by atoms with van der Waals surface area (Å²) in [5.74, 6) is 0. The topological polar surface area (TPSA) is 0 Å². The lowest BCUT2D eigenvalue weighted by Gasteiger charge is -1.83. The molecule has 0 bridgehead atoms. The third kappa shape index (κ3) is 10.4. The Morgan fingerprint density at radius 3 is 2.20 bits per heavy atom. The Labute approximate surface area is 63.5 Å². The van der Waals surface area contributed by atoms with Gasteiger partial charge in [0.05, 0.1) is 0 Å². The fourth-order valence-electron chi connectivity index (χ4n) is 0.327. The van der Waals surface area contributed by atoms with E-state index in [0.29, 0.717) is 0 Å². The smallest absolute Gasteiger partial charge is 0.108 e. The number of allylic oxidation sites excluding steroid dienone is 4. The van der Waals surface area contributed by atoms with E-state index < -0.39 is 0 Å². The molecule has 0 aromatic heterocycles. The second-order valence-electron chi connectivity index (χ2n) is 1.59. The molecule has 0 unspecified atom stereocenters. The van der Waals surface area contributed by atoms with Gasteiger partial charge in [-0.1, -0.05) is 37.6 Å². The van der Waals surface area contributed by atoms with Gasteiger partial charge in [-0.05, 0) is 13.8 Å². The minimum atomic E-state index is -0.370. The summed E-state index contributed by atoms with van der Waals surface area (Å²) in [7, 11) is 0. The van der Waals surface area contributed by atoms with Crippen LogP contribution in [0, 0.1) is 0 Å². The largest absolute Gasteiger partial charge is 0.247 e. The van der Waals surface area contributed by atoms with Crippen molar-refractivity contribution < 1.29 is 4.39 Å². The monoisotopic (exact) mass is 144 g/mol. The summed E-state index contributed by atoms with van der Waals surface area (Å²) < 4.78 is 11.4. The van der Waals surface area contributed by atoms with Crippen molar-refractivity contribution in [3.05, 3.63) is 23.8 Å². The molecule has 0 rings (SSSR count). The van der Waals surface area contributed by atoms with Gasteiger partial charge in [-0.2, -0.15) is 0 Å². The van der Waals surface area contributed by atoms with Crippen LogP contribution in [-0.4, -0.2) is 6.67 Å². The van der Waals surface area contributed by atoms with Gasteiger partial charge >= 0.3 is 0 Å². The quantitative estimate of drug-likeness (QED) is 0.520.